The molecule has 1 aromatic rings. The predicted molar refractivity (Wildman–Crippen MR) is 54.4 cm³/mol. The van der Waals surface area contributed by atoms with Crippen LogP contribution in [0.1, 0.15) is 15.9 Å². The number of alkyl halides is 3. The maximum absolute atomic E-state index is 12.5. The molecule has 0 N–H and O–H groups in total. The minimum atomic E-state index is -4.85. The van der Waals surface area contributed by atoms with Gasteiger partial charge in [0, 0.05) is 0 Å². The highest BCUT2D eigenvalue weighted by atomic mass is 35.5. The monoisotopic (exact) mass is 283 g/mol. The predicted octanol–water partition coefficient (Wildman–Crippen LogP) is 3.05. The number of hydrogen-bond donors (Lipinski definition) is 0. The van der Waals surface area contributed by atoms with Crippen LogP contribution in [-0.2, 0) is 10.9 Å². The van der Waals surface area contributed by atoms with E-state index in [4.69, 9.17) is 11.6 Å². The fourth-order valence-electron chi connectivity index (χ4n) is 1.24. The van der Waals surface area contributed by atoms with Crippen LogP contribution in [-0.4, -0.2) is 18.0 Å². The molecule has 0 saturated carbocycles. The zero-order chi connectivity index (χ0) is 14.1. The van der Waals surface area contributed by atoms with Gasteiger partial charge in [-0.15, -0.1) is 0 Å². The van der Waals surface area contributed by atoms with Crippen molar-refractivity contribution in [3.05, 3.63) is 38.4 Å². The first-order valence-corrected chi connectivity index (χ1v) is 4.70. The van der Waals surface area contributed by atoms with Gasteiger partial charge in [0.15, 0.2) is 0 Å². The van der Waals surface area contributed by atoms with Gasteiger partial charge < -0.3 is 4.74 Å². The third kappa shape index (κ3) is 2.53. The van der Waals surface area contributed by atoms with Gasteiger partial charge in [0.25, 0.3) is 0 Å². The molecule has 1 rings (SSSR count). The summed E-state index contributed by atoms with van der Waals surface area (Å²) in [7, 11) is 0.942. The molecule has 0 fully saturated rings. The number of carbonyl (C=O) groups excluding carboxylic acids is 1. The number of ether oxygens (including phenoxy) is 1. The molecule has 5 nitrogen and oxygen atoms in total. The minimum absolute atomic E-state index is 0.488. The van der Waals surface area contributed by atoms with Crippen LogP contribution in [0, 0.1) is 10.1 Å². The number of rotatable bonds is 2. The van der Waals surface area contributed by atoms with E-state index < -0.39 is 38.9 Å². The van der Waals surface area contributed by atoms with E-state index in [0.29, 0.717) is 12.1 Å². The summed E-state index contributed by atoms with van der Waals surface area (Å²) in [6.07, 6.45) is -4.85. The highest BCUT2D eigenvalue weighted by Crippen LogP contribution is 2.40. The zero-order valence-corrected chi connectivity index (χ0v) is 9.50. The molecule has 0 heterocycles. The van der Waals surface area contributed by atoms with Gasteiger partial charge in [-0.25, -0.2) is 4.79 Å². The smallest absolute Gasteiger partial charge is 0.418 e. The molecule has 0 aliphatic heterocycles. The summed E-state index contributed by atoms with van der Waals surface area (Å²) in [6, 6.07) is 1.14. The molecule has 0 bridgehead atoms. The highest BCUT2D eigenvalue weighted by molar-refractivity contribution is 6.34. The Morgan fingerprint density at radius 2 is 2.00 bits per heavy atom. The molecular formula is C9H5ClF3NO4. The van der Waals surface area contributed by atoms with Crippen molar-refractivity contribution in [3.8, 4) is 0 Å². The summed E-state index contributed by atoms with van der Waals surface area (Å²) in [5, 5.41) is 9.54. The Hall–Kier alpha value is -1.83. The Morgan fingerprint density at radius 1 is 1.44 bits per heavy atom. The first-order valence-electron chi connectivity index (χ1n) is 4.32. The van der Waals surface area contributed by atoms with Crippen molar-refractivity contribution >= 4 is 23.3 Å². The van der Waals surface area contributed by atoms with E-state index in [9.17, 15) is 28.1 Å². The standard InChI is InChI=1S/C9H5ClF3NO4/c1-18-8(15)4-2-3-5(9(11,12)13)6(10)7(4)14(16)17/h2-3H,1H3. The Bertz CT molecular complexity index is 515. The average Bonchev–Trinajstić information content (AvgIpc) is 2.25. The number of nitro benzene ring substituents is 1. The second-order valence-electron chi connectivity index (χ2n) is 3.07. The van der Waals surface area contributed by atoms with Gasteiger partial charge in [-0.2, -0.15) is 13.2 Å². The Labute approximate surface area is 103 Å². The van der Waals surface area contributed by atoms with E-state index in [1.165, 1.54) is 0 Å². The van der Waals surface area contributed by atoms with Crippen LogP contribution in [0.4, 0.5) is 18.9 Å². The van der Waals surface area contributed by atoms with Gasteiger partial charge in [0.1, 0.15) is 10.6 Å². The van der Waals surface area contributed by atoms with Crippen LogP contribution >= 0.6 is 11.6 Å². The normalized spacial score (nSPS) is 11.2. The van der Waals surface area contributed by atoms with Gasteiger partial charge in [-0.3, -0.25) is 10.1 Å². The number of esters is 1. The van der Waals surface area contributed by atoms with Crippen molar-refractivity contribution in [2.45, 2.75) is 6.18 Å². The number of benzene rings is 1. The van der Waals surface area contributed by atoms with E-state index in [-0.39, 0.29) is 0 Å². The molecule has 98 valence electrons. The van der Waals surface area contributed by atoms with Crippen molar-refractivity contribution in [2.24, 2.45) is 0 Å². The first-order chi connectivity index (χ1) is 8.20. The molecule has 0 atom stereocenters. The van der Waals surface area contributed by atoms with Gasteiger partial charge in [0.2, 0.25) is 0 Å². The first kappa shape index (κ1) is 14.2. The molecule has 0 unspecified atom stereocenters. The molecule has 0 aliphatic rings. The van der Waals surface area contributed by atoms with Crippen molar-refractivity contribution < 1.29 is 27.6 Å². The molecule has 1 aromatic carbocycles. The van der Waals surface area contributed by atoms with Crippen LogP contribution in [0.15, 0.2) is 12.1 Å². The van der Waals surface area contributed by atoms with Gasteiger partial charge in [-0.1, -0.05) is 11.6 Å². The fraction of sp³-hybridized carbons (Fsp3) is 0.222. The third-order valence-corrected chi connectivity index (χ3v) is 2.39. The van der Waals surface area contributed by atoms with Crippen molar-refractivity contribution in [1.29, 1.82) is 0 Å². The van der Waals surface area contributed by atoms with Crippen LogP contribution in [0.2, 0.25) is 5.02 Å². The lowest BCUT2D eigenvalue weighted by Gasteiger charge is -2.10. The lowest BCUT2D eigenvalue weighted by Crippen LogP contribution is -2.11. The lowest BCUT2D eigenvalue weighted by atomic mass is 10.1. The molecule has 0 aliphatic carbocycles. The SMILES string of the molecule is COC(=O)c1ccc(C(F)(F)F)c(Cl)c1[N+](=O)[O-]. The van der Waals surface area contributed by atoms with Gasteiger partial charge >= 0.3 is 17.8 Å². The van der Waals surface area contributed by atoms with E-state index in [1.807, 2.05) is 0 Å². The summed E-state index contributed by atoms with van der Waals surface area (Å²) in [5.41, 5.74) is -3.15. The number of nitrogens with zero attached hydrogens (tertiary/aromatic N) is 1. The van der Waals surface area contributed by atoms with E-state index >= 15 is 0 Å². The van der Waals surface area contributed by atoms with E-state index in [0.717, 1.165) is 7.11 Å². The molecule has 0 spiro atoms. The van der Waals surface area contributed by atoms with Crippen LogP contribution in [0.5, 0.6) is 0 Å². The number of hydrogen-bond acceptors (Lipinski definition) is 4. The van der Waals surface area contributed by atoms with Crippen LogP contribution < -0.4 is 0 Å². The van der Waals surface area contributed by atoms with E-state index in [1.54, 1.807) is 0 Å². The molecule has 0 amide bonds. The van der Waals surface area contributed by atoms with Crippen molar-refractivity contribution in [3.63, 3.8) is 0 Å². The van der Waals surface area contributed by atoms with Crippen molar-refractivity contribution in [2.75, 3.05) is 7.11 Å². The quantitative estimate of drug-likeness (QED) is 0.475. The average molecular weight is 284 g/mol. The summed E-state index contributed by atoms with van der Waals surface area (Å²) in [5.74, 6) is -1.14. The Kier molecular flexibility index (Phi) is 3.80. The Morgan fingerprint density at radius 3 is 2.39 bits per heavy atom. The van der Waals surface area contributed by atoms with Crippen molar-refractivity contribution in [1.82, 2.24) is 0 Å². The lowest BCUT2D eigenvalue weighted by molar-refractivity contribution is -0.385. The number of methoxy groups -OCH3 is 1. The van der Waals surface area contributed by atoms with Crippen LogP contribution in [0.3, 0.4) is 0 Å². The summed E-state index contributed by atoms with van der Waals surface area (Å²) in [6.45, 7) is 0. The largest absolute Gasteiger partial charge is 0.465 e. The number of nitro groups is 1. The van der Waals surface area contributed by atoms with Crippen LogP contribution in [0.25, 0.3) is 0 Å². The van der Waals surface area contributed by atoms with Gasteiger partial charge in [-0.05, 0) is 12.1 Å². The second-order valence-corrected chi connectivity index (χ2v) is 3.45. The molecule has 9 heteroatoms. The molecule has 0 saturated heterocycles. The topological polar surface area (TPSA) is 69.4 Å². The summed E-state index contributed by atoms with van der Waals surface area (Å²) in [4.78, 5) is 20.7. The summed E-state index contributed by atoms with van der Waals surface area (Å²) < 4.78 is 41.7. The maximum atomic E-state index is 12.5. The minimum Gasteiger partial charge on any atom is -0.465 e. The van der Waals surface area contributed by atoms with E-state index in [2.05, 4.69) is 4.74 Å². The maximum Gasteiger partial charge on any atom is 0.418 e. The second kappa shape index (κ2) is 4.81. The number of carbonyl (C=O) groups is 1. The molecule has 18 heavy (non-hydrogen) atoms. The third-order valence-electron chi connectivity index (χ3n) is 2.01. The highest BCUT2D eigenvalue weighted by Gasteiger charge is 2.38. The van der Waals surface area contributed by atoms with Gasteiger partial charge in [0.05, 0.1) is 17.6 Å². The fourth-order valence-corrected chi connectivity index (χ4v) is 1.58. The Balaban J connectivity index is 3.58. The molecule has 0 aromatic heterocycles. The summed E-state index contributed by atoms with van der Waals surface area (Å²) >= 11 is 5.33. The molecular weight excluding hydrogens is 279 g/mol. The molecule has 0 radical (unpaired) electrons. The number of halogens is 4. The zero-order valence-electron chi connectivity index (χ0n) is 8.75.